The van der Waals surface area contributed by atoms with E-state index in [4.69, 9.17) is 16.3 Å². The molecule has 130 valence electrons. The first-order chi connectivity index (χ1) is 11.9. The van der Waals surface area contributed by atoms with Gasteiger partial charge >= 0.3 is 0 Å². The highest BCUT2D eigenvalue weighted by molar-refractivity contribution is 9.10. The second-order valence-corrected chi connectivity index (χ2v) is 7.93. The van der Waals surface area contributed by atoms with Crippen LogP contribution in [0.2, 0.25) is 5.02 Å². The molecule has 3 aromatic rings. The number of para-hydroxylation sites is 2. The van der Waals surface area contributed by atoms with E-state index in [0.717, 1.165) is 0 Å². The number of anilines is 1. The lowest BCUT2D eigenvalue weighted by Crippen LogP contribution is -2.16. The summed E-state index contributed by atoms with van der Waals surface area (Å²) in [5.74, 6) is 0.175. The van der Waals surface area contributed by atoms with Crippen molar-refractivity contribution < 1.29 is 13.2 Å². The highest BCUT2D eigenvalue weighted by Crippen LogP contribution is 2.36. The Balaban J connectivity index is 2.08. The van der Waals surface area contributed by atoms with Crippen LogP contribution >= 0.6 is 27.5 Å². The number of benzene rings is 2. The molecule has 1 heterocycles. The third-order valence-electron chi connectivity index (χ3n) is 3.37. The van der Waals surface area contributed by atoms with Crippen LogP contribution in [0, 0.1) is 0 Å². The molecule has 0 aliphatic rings. The number of nitrogens with one attached hydrogen (secondary N) is 1. The summed E-state index contributed by atoms with van der Waals surface area (Å²) < 4.78 is 35.6. The maximum absolute atomic E-state index is 12.9. The first-order valence-corrected chi connectivity index (χ1v) is 9.72. The van der Waals surface area contributed by atoms with Crippen molar-refractivity contribution >= 4 is 43.2 Å². The summed E-state index contributed by atoms with van der Waals surface area (Å²) in [4.78, 5) is -0.0651. The highest BCUT2D eigenvalue weighted by atomic mass is 79.9. The predicted molar refractivity (Wildman–Crippen MR) is 100 cm³/mol. The molecule has 0 atom stereocenters. The molecule has 0 aliphatic carbocycles. The minimum Gasteiger partial charge on any atom is -0.494 e. The third-order valence-corrected chi connectivity index (χ3v) is 5.55. The van der Waals surface area contributed by atoms with Crippen molar-refractivity contribution in [3.05, 3.63) is 64.4 Å². The zero-order valence-corrected chi connectivity index (χ0v) is 16.1. The van der Waals surface area contributed by atoms with Gasteiger partial charge in [0, 0.05) is 17.4 Å². The quantitative estimate of drug-likeness (QED) is 0.646. The van der Waals surface area contributed by atoms with Crippen LogP contribution in [-0.2, 0) is 10.0 Å². The Labute approximate surface area is 158 Å². The van der Waals surface area contributed by atoms with Gasteiger partial charge in [-0.3, -0.25) is 4.72 Å². The maximum Gasteiger partial charge on any atom is 0.265 e. The Kier molecular flexibility index (Phi) is 5.03. The van der Waals surface area contributed by atoms with E-state index in [-0.39, 0.29) is 15.7 Å². The van der Waals surface area contributed by atoms with Gasteiger partial charge in [-0.1, -0.05) is 23.7 Å². The van der Waals surface area contributed by atoms with Crippen molar-refractivity contribution in [3.63, 3.8) is 0 Å². The number of ether oxygens (including phenoxy) is 1. The standard InChI is InChI=1S/C16H13BrClN3O3S/c1-24-16-12(17)9-11(18)10-15(16)25(22,23)20-13-5-2-3-6-14(13)21-8-4-7-19-21/h2-10,20H,1H3. The Morgan fingerprint density at radius 1 is 1.24 bits per heavy atom. The molecular weight excluding hydrogens is 430 g/mol. The third kappa shape index (κ3) is 3.65. The second-order valence-electron chi connectivity index (χ2n) is 4.99. The van der Waals surface area contributed by atoms with E-state index in [1.165, 1.54) is 13.2 Å². The van der Waals surface area contributed by atoms with E-state index in [2.05, 4.69) is 25.8 Å². The van der Waals surface area contributed by atoms with E-state index in [1.54, 1.807) is 53.5 Å². The van der Waals surface area contributed by atoms with Crippen LogP contribution < -0.4 is 9.46 Å². The van der Waals surface area contributed by atoms with Crippen LogP contribution in [0.4, 0.5) is 5.69 Å². The van der Waals surface area contributed by atoms with Gasteiger partial charge in [-0.2, -0.15) is 5.10 Å². The molecule has 3 rings (SSSR count). The molecule has 0 saturated heterocycles. The smallest absolute Gasteiger partial charge is 0.265 e. The number of rotatable bonds is 5. The molecule has 9 heteroatoms. The zero-order chi connectivity index (χ0) is 18.0. The van der Waals surface area contributed by atoms with Crippen molar-refractivity contribution in [1.29, 1.82) is 0 Å². The molecule has 0 spiro atoms. The van der Waals surface area contributed by atoms with E-state index >= 15 is 0 Å². The lowest BCUT2D eigenvalue weighted by Gasteiger charge is -2.15. The van der Waals surface area contributed by atoms with Gasteiger partial charge < -0.3 is 4.74 Å². The fourth-order valence-corrected chi connectivity index (χ4v) is 4.76. The lowest BCUT2D eigenvalue weighted by atomic mass is 10.3. The van der Waals surface area contributed by atoms with Crippen LogP contribution in [0.15, 0.2) is 64.2 Å². The summed E-state index contributed by atoms with van der Waals surface area (Å²) in [7, 11) is -2.55. The van der Waals surface area contributed by atoms with Crippen molar-refractivity contribution in [2.24, 2.45) is 0 Å². The van der Waals surface area contributed by atoms with Crippen molar-refractivity contribution in [1.82, 2.24) is 9.78 Å². The van der Waals surface area contributed by atoms with E-state index < -0.39 is 10.0 Å². The number of halogens is 2. The largest absolute Gasteiger partial charge is 0.494 e. The Morgan fingerprint density at radius 2 is 2.00 bits per heavy atom. The van der Waals surface area contributed by atoms with Crippen LogP contribution in [0.1, 0.15) is 0 Å². The molecular formula is C16H13BrClN3O3S. The molecule has 0 unspecified atom stereocenters. The van der Waals surface area contributed by atoms with E-state index in [9.17, 15) is 8.42 Å². The Bertz CT molecular complexity index is 1010. The van der Waals surface area contributed by atoms with Gasteiger partial charge in [0.05, 0.1) is 23.0 Å². The van der Waals surface area contributed by atoms with Crippen LogP contribution in [0.3, 0.4) is 0 Å². The first-order valence-electron chi connectivity index (χ1n) is 7.07. The molecule has 0 bridgehead atoms. The number of methoxy groups -OCH3 is 1. The minimum atomic E-state index is -3.95. The second kappa shape index (κ2) is 7.07. The molecule has 1 N–H and O–H groups in total. The molecule has 0 aliphatic heterocycles. The fourth-order valence-electron chi connectivity index (χ4n) is 2.31. The summed E-state index contributed by atoms with van der Waals surface area (Å²) in [6.07, 6.45) is 3.34. The maximum atomic E-state index is 12.9. The van der Waals surface area contributed by atoms with Gasteiger partial charge in [0.15, 0.2) is 5.75 Å². The fraction of sp³-hybridized carbons (Fsp3) is 0.0625. The summed E-state index contributed by atoms with van der Waals surface area (Å²) in [5, 5.41) is 4.41. The first kappa shape index (κ1) is 17.8. The Morgan fingerprint density at radius 3 is 2.68 bits per heavy atom. The molecule has 0 saturated carbocycles. The van der Waals surface area contributed by atoms with Gasteiger partial charge in [-0.05, 0) is 46.3 Å². The number of nitrogens with zero attached hydrogens (tertiary/aromatic N) is 2. The van der Waals surface area contributed by atoms with Crippen molar-refractivity contribution in [3.8, 4) is 11.4 Å². The summed E-state index contributed by atoms with van der Waals surface area (Å²) in [6.45, 7) is 0. The molecule has 25 heavy (non-hydrogen) atoms. The van der Waals surface area contributed by atoms with Crippen molar-refractivity contribution in [2.45, 2.75) is 4.90 Å². The van der Waals surface area contributed by atoms with Crippen LogP contribution in [0.5, 0.6) is 5.75 Å². The number of hydrogen-bond donors (Lipinski definition) is 1. The summed E-state index contributed by atoms with van der Waals surface area (Å²) in [6, 6.07) is 11.6. The monoisotopic (exact) mass is 441 g/mol. The van der Waals surface area contributed by atoms with E-state index in [0.29, 0.717) is 15.8 Å². The molecule has 0 fully saturated rings. The number of hydrogen-bond acceptors (Lipinski definition) is 4. The molecule has 0 radical (unpaired) electrons. The lowest BCUT2D eigenvalue weighted by molar-refractivity contribution is 0.400. The zero-order valence-electron chi connectivity index (χ0n) is 13.0. The number of aromatic nitrogens is 2. The van der Waals surface area contributed by atoms with Gasteiger partial charge in [-0.25, -0.2) is 13.1 Å². The summed E-state index contributed by atoms with van der Waals surface area (Å²) in [5.41, 5.74) is 0.973. The van der Waals surface area contributed by atoms with Gasteiger partial charge in [0.2, 0.25) is 0 Å². The normalized spacial score (nSPS) is 11.3. The SMILES string of the molecule is COc1c(Br)cc(Cl)cc1S(=O)(=O)Nc1ccccc1-n1cccn1. The highest BCUT2D eigenvalue weighted by Gasteiger charge is 2.24. The van der Waals surface area contributed by atoms with E-state index in [1.807, 2.05) is 0 Å². The number of sulfonamides is 1. The Hall–Kier alpha value is -2.03. The van der Waals surface area contributed by atoms with Gasteiger partial charge in [0.25, 0.3) is 10.0 Å². The van der Waals surface area contributed by atoms with Crippen molar-refractivity contribution in [2.75, 3.05) is 11.8 Å². The molecule has 2 aromatic carbocycles. The summed E-state index contributed by atoms with van der Waals surface area (Å²) >= 11 is 9.27. The van der Waals surface area contributed by atoms with Gasteiger partial charge in [0.1, 0.15) is 4.90 Å². The molecule has 0 amide bonds. The topological polar surface area (TPSA) is 73.2 Å². The van der Waals surface area contributed by atoms with Crippen LogP contribution in [-0.4, -0.2) is 25.3 Å². The molecule has 1 aromatic heterocycles. The minimum absolute atomic E-state index is 0.0651. The van der Waals surface area contributed by atoms with Crippen LogP contribution in [0.25, 0.3) is 5.69 Å². The molecule has 6 nitrogen and oxygen atoms in total. The average Bonchev–Trinajstić information content (AvgIpc) is 3.08. The average molecular weight is 443 g/mol. The van der Waals surface area contributed by atoms with Gasteiger partial charge in [-0.15, -0.1) is 0 Å². The predicted octanol–water partition coefficient (Wildman–Crippen LogP) is 4.10.